The van der Waals surface area contributed by atoms with Crippen LogP contribution in [0, 0.1) is 0 Å². The third-order valence-corrected chi connectivity index (χ3v) is 3.27. The minimum Gasteiger partial charge on any atom is -0.497 e. The van der Waals surface area contributed by atoms with Gasteiger partial charge in [-0.3, -0.25) is 9.59 Å². The molecule has 114 valence electrons. The molecule has 0 radical (unpaired) electrons. The van der Waals surface area contributed by atoms with Crippen LogP contribution in [-0.4, -0.2) is 32.5 Å². The monoisotopic (exact) mass is 298 g/mol. The lowest BCUT2D eigenvalue weighted by atomic mass is 10.2. The summed E-state index contributed by atoms with van der Waals surface area (Å²) in [6.45, 7) is -0.0593. The van der Waals surface area contributed by atoms with Gasteiger partial charge in [0.05, 0.1) is 13.7 Å². The van der Waals surface area contributed by atoms with Gasteiger partial charge in [0.2, 0.25) is 5.91 Å². The van der Waals surface area contributed by atoms with Gasteiger partial charge < -0.3 is 15.0 Å². The summed E-state index contributed by atoms with van der Waals surface area (Å²) in [5.41, 5.74) is 1.27. The van der Waals surface area contributed by atoms with Gasteiger partial charge in [0.1, 0.15) is 5.75 Å². The number of anilines is 1. The van der Waals surface area contributed by atoms with Crippen LogP contribution in [0.2, 0.25) is 0 Å². The first-order chi connectivity index (χ1) is 10.6. The third kappa shape index (κ3) is 3.85. The van der Waals surface area contributed by atoms with E-state index < -0.39 is 0 Å². The van der Waals surface area contributed by atoms with Gasteiger partial charge in [0.25, 0.3) is 5.91 Å². The average Bonchev–Trinajstić information content (AvgIpc) is 2.59. The lowest BCUT2D eigenvalue weighted by Gasteiger charge is -2.17. The van der Waals surface area contributed by atoms with E-state index >= 15 is 0 Å². The smallest absolute Gasteiger partial charge is 0.251 e. The number of methoxy groups -OCH3 is 1. The molecular weight excluding hydrogens is 280 g/mol. The fourth-order valence-corrected chi connectivity index (χ4v) is 1.91. The van der Waals surface area contributed by atoms with Crippen LogP contribution in [0.3, 0.4) is 0 Å². The maximum atomic E-state index is 12.1. The van der Waals surface area contributed by atoms with Gasteiger partial charge in [-0.2, -0.15) is 0 Å². The molecule has 0 heterocycles. The lowest BCUT2D eigenvalue weighted by molar-refractivity contribution is -0.117. The number of para-hydroxylation sites is 1. The number of hydrogen-bond donors (Lipinski definition) is 1. The van der Waals surface area contributed by atoms with Crippen LogP contribution in [-0.2, 0) is 4.79 Å². The summed E-state index contributed by atoms with van der Waals surface area (Å²) in [6, 6.07) is 16.0. The van der Waals surface area contributed by atoms with E-state index in [2.05, 4.69) is 5.32 Å². The van der Waals surface area contributed by atoms with Gasteiger partial charge >= 0.3 is 0 Å². The molecule has 22 heavy (non-hydrogen) atoms. The quantitative estimate of drug-likeness (QED) is 0.919. The minimum atomic E-state index is -0.294. The molecule has 0 atom stereocenters. The molecule has 0 saturated carbocycles. The first-order valence-electron chi connectivity index (χ1n) is 6.85. The van der Waals surface area contributed by atoms with Gasteiger partial charge in [0.15, 0.2) is 0 Å². The maximum absolute atomic E-state index is 12.1. The molecule has 5 nitrogen and oxygen atoms in total. The molecule has 2 aromatic rings. The van der Waals surface area contributed by atoms with Crippen molar-refractivity contribution in [2.24, 2.45) is 0 Å². The van der Waals surface area contributed by atoms with Crippen molar-refractivity contribution in [2.45, 2.75) is 0 Å². The van der Waals surface area contributed by atoms with Gasteiger partial charge in [-0.25, -0.2) is 0 Å². The first-order valence-corrected chi connectivity index (χ1v) is 6.85. The summed E-state index contributed by atoms with van der Waals surface area (Å²) in [5, 5.41) is 2.62. The fourth-order valence-electron chi connectivity index (χ4n) is 1.91. The van der Waals surface area contributed by atoms with E-state index in [1.165, 1.54) is 4.90 Å². The molecule has 2 rings (SSSR count). The molecule has 0 fully saturated rings. The Bertz CT molecular complexity index is 639. The molecular formula is C17H18N2O3. The van der Waals surface area contributed by atoms with Crippen LogP contribution in [0.5, 0.6) is 5.75 Å². The molecule has 0 aromatic heterocycles. The number of benzene rings is 2. The van der Waals surface area contributed by atoms with Crippen LogP contribution in [0.4, 0.5) is 5.69 Å². The SMILES string of the molecule is COc1ccc(C(=O)NCC(=O)N(C)c2ccccc2)cc1. The zero-order chi connectivity index (χ0) is 15.9. The van der Waals surface area contributed by atoms with E-state index in [0.717, 1.165) is 5.69 Å². The second-order valence-electron chi connectivity index (χ2n) is 4.70. The molecule has 2 aromatic carbocycles. The number of carbonyl (C=O) groups excluding carboxylic acids is 2. The van der Waals surface area contributed by atoms with Gasteiger partial charge in [-0.15, -0.1) is 0 Å². The van der Waals surface area contributed by atoms with E-state index in [9.17, 15) is 9.59 Å². The zero-order valence-electron chi connectivity index (χ0n) is 12.6. The van der Waals surface area contributed by atoms with Crippen molar-refractivity contribution >= 4 is 17.5 Å². The highest BCUT2D eigenvalue weighted by Gasteiger charge is 2.12. The number of rotatable bonds is 5. The number of likely N-dealkylation sites (N-methyl/N-ethyl adjacent to an activating group) is 1. The normalized spacial score (nSPS) is 9.91. The van der Waals surface area contributed by atoms with E-state index in [4.69, 9.17) is 4.74 Å². The standard InChI is InChI=1S/C17H18N2O3/c1-19(14-6-4-3-5-7-14)16(20)12-18-17(21)13-8-10-15(22-2)11-9-13/h3-11H,12H2,1-2H3,(H,18,21). The first kappa shape index (κ1) is 15.6. The lowest BCUT2D eigenvalue weighted by Crippen LogP contribution is -2.38. The summed E-state index contributed by atoms with van der Waals surface area (Å²) >= 11 is 0. The Labute approximate surface area is 129 Å². The number of nitrogens with one attached hydrogen (secondary N) is 1. The average molecular weight is 298 g/mol. The van der Waals surface area contributed by atoms with Crippen molar-refractivity contribution in [3.63, 3.8) is 0 Å². The fraction of sp³-hybridized carbons (Fsp3) is 0.176. The Kier molecular flexibility index (Phi) is 5.14. The van der Waals surface area contributed by atoms with Crippen molar-refractivity contribution in [2.75, 3.05) is 25.6 Å². The largest absolute Gasteiger partial charge is 0.497 e. The van der Waals surface area contributed by atoms with Gasteiger partial charge in [-0.1, -0.05) is 18.2 Å². The Morgan fingerprint density at radius 1 is 1.05 bits per heavy atom. The Balaban J connectivity index is 1.91. The van der Waals surface area contributed by atoms with Gasteiger partial charge in [-0.05, 0) is 36.4 Å². The van der Waals surface area contributed by atoms with Crippen molar-refractivity contribution in [3.05, 3.63) is 60.2 Å². The summed E-state index contributed by atoms with van der Waals surface area (Å²) in [7, 11) is 3.24. The topological polar surface area (TPSA) is 58.6 Å². The molecule has 0 aliphatic carbocycles. The van der Waals surface area contributed by atoms with Gasteiger partial charge in [0, 0.05) is 18.3 Å². The molecule has 1 N–H and O–H groups in total. The highest BCUT2D eigenvalue weighted by atomic mass is 16.5. The van der Waals surface area contributed by atoms with Crippen molar-refractivity contribution in [1.29, 1.82) is 0 Å². The Hall–Kier alpha value is -2.82. The van der Waals surface area contributed by atoms with Crippen molar-refractivity contribution < 1.29 is 14.3 Å². The molecule has 0 saturated heterocycles. The number of amides is 2. The van der Waals surface area contributed by atoms with Crippen LogP contribution < -0.4 is 15.0 Å². The van der Waals surface area contributed by atoms with E-state index in [1.54, 1.807) is 38.4 Å². The Morgan fingerprint density at radius 3 is 2.27 bits per heavy atom. The van der Waals surface area contributed by atoms with Crippen molar-refractivity contribution in [1.82, 2.24) is 5.32 Å². The van der Waals surface area contributed by atoms with Crippen LogP contribution in [0.25, 0.3) is 0 Å². The van der Waals surface area contributed by atoms with E-state index in [1.807, 2.05) is 30.3 Å². The summed E-state index contributed by atoms with van der Waals surface area (Å²) in [4.78, 5) is 25.6. The second kappa shape index (κ2) is 7.26. The molecule has 0 spiro atoms. The van der Waals surface area contributed by atoms with E-state index in [0.29, 0.717) is 11.3 Å². The third-order valence-electron chi connectivity index (χ3n) is 3.27. The van der Waals surface area contributed by atoms with Crippen molar-refractivity contribution in [3.8, 4) is 5.75 Å². The summed E-state index contributed by atoms with van der Waals surface area (Å²) < 4.78 is 5.04. The summed E-state index contributed by atoms with van der Waals surface area (Å²) in [6.07, 6.45) is 0. The molecule has 0 aliphatic heterocycles. The van der Waals surface area contributed by atoms with Crippen LogP contribution in [0.15, 0.2) is 54.6 Å². The molecule has 5 heteroatoms. The minimum absolute atomic E-state index is 0.0593. The van der Waals surface area contributed by atoms with E-state index in [-0.39, 0.29) is 18.4 Å². The predicted octanol–water partition coefficient (Wildman–Crippen LogP) is 2.09. The number of nitrogens with zero attached hydrogens (tertiary/aromatic N) is 1. The molecule has 0 aliphatic rings. The number of ether oxygens (including phenoxy) is 1. The molecule has 0 bridgehead atoms. The number of carbonyl (C=O) groups is 2. The van der Waals surface area contributed by atoms with Crippen LogP contribution in [0.1, 0.15) is 10.4 Å². The predicted molar refractivity (Wildman–Crippen MR) is 85.2 cm³/mol. The summed E-state index contributed by atoms with van der Waals surface area (Å²) in [5.74, 6) is 0.196. The second-order valence-corrected chi connectivity index (χ2v) is 4.70. The maximum Gasteiger partial charge on any atom is 0.251 e. The van der Waals surface area contributed by atoms with Crippen LogP contribution >= 0.6 is 0 Å². The Morgan fingerprint density at radius 2 is 1.68 bits per heavy atom. The number of hydrogen-bond acceptors (Lipinski definition) is 3. The highest BCUT2D eigenvalue weighted by Crippen LogP contribution is 2.12. The molecule has 0 unspecified atom stereocenters. The zero-order valence-corrected chi connectivity index (χ0v) is 12.6. The highest BCUT2D eigenvalue weighted by molar-refractivity contribution is 6.00. The molecule has 2 amide bonds.